The quantitative estimate of drug-likeness (QED) is 0.249. The molecule has 0 spiro atoms. The summed E-state index contributed by atoms with van der Waals surface area (Å²) < 4.78 is 41.6. The van der Waals surface area contributed by atoms with Crippen molar-refractivity contribution in [2.24, 2.45) is 4.76 Å². The van der Waals surface area contributed by atoms with E-state index in [1.807, 2.05) is 14.1 Å². The normalized spacial score (nSPS) is 14.8. The first-order valence-corrected chi connectivity index (χ1v) is 9.45. The maximum atomic E-state index is 7.50. The first-order chi connectivity index (χ1) is 15.3. The van der Waals surface area contributed by atoms with Gasteiger partial charge in [-0.25, -0.2) is 4.76 Å². The Bertz CT molecular complexity index is 662. The molecule has 33 heavy (non-hydrogen) atoms. The Labute approximate surface area is 214 Å². The molecule has 2 aliphatic rings. The summed E-state index contributed by atoms with van der Waals surface area (Å²) in [5.41, 5.74) is 3.69. The second-order valence-electron chi connectivity index (χ2n) is 6.09. The molecule has 1 fully saturated rings. The van der Waals surface area contributed by atoms with Crippen LogP contribution in [0.5, 0.6) is 0 Å². The first kappa shape index (κ1) is 41.7. The Morgan fingerprint density at radius 2 is 0.848 bits per heavy atom. The van der Waals surface area contributed by atoms with Gasteiger partial charge in [-0.05, 0) is 41.7 Å². The van der Waals surface area contributed by atoms with E-state index in [2.05, 4.69) is 102 Å². The fraction of sp³-hybridized carbons (Fsp3) is 0.292. The molecule has 0 atom stereocenters. The third-order valence-corrected chi connectivity index (χ3v) is 5.31. The molecule has 6 radical (unpaired) electrons. The van der Waals surface area contributed by atoms with Crippen molar-refractivity contribution in [1.29, 1.82) is 0 Å². The van der Waals surface area contributed by atoms with E-state index in [9.17, 15) is 0 Å². The molecule has 172 valence electrons. The van der Waals surface area contributed by atoms with Gasteiger partial charge in [0.05, 0.1) is 5.45 Å². The Hall–Kier alpha value is -1.49. The molecular weight excluding hydrogens is 611 g/mol. The minimum absolute atomic E-state index is 0. The van der Waals surface area contributed by atoms with Crippen LogP contribution in [0.3, 0.4) is 0 Å². The van der Waals surface area contributed by atoms with Gasteiger partial charge in [-0.15, -0.1) is 0 Å². The number of rotatable bonds is 2. The molecule has 0 N–H and O–H groups in total. The van der Waals surface area contributed by atoms with Crippen molar-refractivity contribution >= 4 is 19.9 Å². The molecule has 1 heterocycles. The molecule has 1 aliphatic heterocycles. The van der Waals surface area contributed by atoms with Crippen LogP contribution in [0.4, 0.5) is 5.69 Å². The molecule has 7 nitrogen and oxygen atoms in total. The zero-order valence-corrected chi connectivity index (χ0v) is 23.4. The van der Waals surface area contributed by atoms with Gasteiger partial charge in [0.1, 0.15) is 8.73 Å². The van der Waals surface area contributed by atoms with E-state index in [1.165, 1.54) is 46.3 Å². The SMILES string of the molecule is CN(C)c1ccc(C2=N[P]2)cc1.C[C]1[C](C)[C](C)[C](C)[C]1C.[C-]#[O+].[C-]#[O+].[C-]#[O+].[C-]#[O+].[C-]#[O+].[W]. The van der Waals surface area contributed by atoms with Crippen molar-refractivity contribution in [2.75, 3.05) is 19.0 Å². The predicted molar refractivity (Wildman–Crippen MR) is 118 cm³/mol. The molecule has 1 aliphatic carbocycles. The average molecular weight is 636 g/mol. The van der Waals surface area contributed by atoms with Crippen LogP contribution in [0.2, 0.25) is 0 Å². The summed E-state index contributed by atoms with van der Waals surface area (Å²) in [6.45, 7) is 33.5. The molecule has 1 aromatic carbocycles. The van der Waals surface area contributed by atoms with Crippen LogP contribution in [0.1, 0.15) is 40.2 Å². The molecule has 0 bridgehead atoms. The van der Waals surface area contributed by atoms with Gasteiger partial charge in [0.15, 0.2) is 0 Å². The number of benzene rings is 1. The first-order valence-electron chi connectivity index (χ1n) is 8.61. The van der Waals surface area contributed by atoms with Gasteiger partial charge in [0, 0.05) is 46.4 Å². The zero-order valence-electron chi connectivity index (χ0n) is 19.6. The number of hydrogen-bond donors (Lipinski definition) is 0. The summed E-state index contributed by atoms with van der Waals surface area (Å²) in [7, 11) is 5.23. The van der Waals surface area contributed by atoms with Gasteiger partial charge in [0.2, 0.25) is 0 Å². The number of nitrogens with zero attached hydrogens (tertiary/aromatic N) is 2. The summed E-state index contributed by atoms with van der Waals surface area (Å²) in [6.07, 6.45) is 0. The van der Waals surface area contributed by atoms with Gasteiger partial charge in [0.25, 0.3) is 0 Å². The standard InChI is InChI=1S/C10H15.C9H10N2P.5CO.W/c1-6-7(2)9(4)10(5)8(6)3;1-11(2)8-5-3-7(4-6-8)9-10-12-9;5*1-2;/h1-5H3;3-6H,1-2H3;;;;;;. The van der Waals surface area contributed by atoms with Crippen molar-refractivity contribution in [3.05, 3.63) is 92.7 Å². The molecule has 0 saturated heterocycles. The van der Waals surface area contributed by atoms with Crippen molar-refractivity contribution in [3.8, 4) is 0 Å². The average Bonchev–Trinajstić information content (AvgIpc) is 3.71. The summed E-state index contributed by atoms with van der Waals surface area (Å²) >= 11 is 0. The van der Waals surface area contributed by atoms with Crippen LogP contribution >= 0.6 is 8.73 Å². The van der Waals surface area contributed by atoms with Crippen molar-refractivity contribution in [3.63, 3.8) is 0 Å². The molecule has 9 heteroatoms. The van der Waals surface area contributed by atoms with Crippen molar-refractivity contribution in [2.45, 2.75) is 34.6 Å². The summed E-state index contributed by atoms with van der Waals surface area (Å²) in [5.74, 6) is 7.34. The van der Waals surface area contributed by atoms with Crippen molar-refractivity contribution in [1.82, 2.24) is 0 Å². The minimum atomic E-state index is 0. The molecule has 3 rings (SSSR count). The van der Waals surface area contributed by atoms with Crippen LogP contribution in [-0.2, 0) is 44.3 Å². The van der Waals surface area contributed by atoms with Gasteiger partial charge < -0.3 is 4.90 Å². The molecular formula is C24H25N2O5PW. The topological polar surface area (TPSA) is 115 Å². The summed E-state index contributed by atoms with van der Waals surface area (Å²) in [6, 6.07) is 8.47. The largest absolute Gasteiger partial charge is 0 e. The van der Waals surface area contributed by atoms with Gasteiger partial charge >= 0.3 is 56.5 Å². The Morgan fingerprint density at radius 1 is 0.606 bits per heavy atom. The molecule has 0 unspecified atom stereocenters. The molecule has 1 aromatic rings. The van der Waals surface area contributed by atoms with Gasteiger partial charge in [-0.1, -0.05) is 46.8 Å². The third kappa shape index (κ3) is 15.9. The fourth-order valence-corrected chi connectivity index (χ4v) is 2.89. The van der Waals surface area contributed by atoms with Crippen molar-refractivity contribution < 1.29 is 44.3 Å². The Morgan fingerprint density at radius 3 is 1.03 bits per heavy atom. The van der Waals surface area contributed by atoms with Crippen LogP contribution < -0.4 is 4.90 Å². The maximum absolute atomic E-state index is 7.50. The second-order valence-corrected chi connectivity index (χ2v) is 6.91. The Kier molecular flexibility index (Phi) is 33.8. The summed E-state index contributed by atoms with van der Waals surface area (Å²) in [5, 5.41) is 0. The zero-order chi connectivity index (χ0) is 26.4. The van der Waals surface area contributed by atoms with Gasteiger partial charge in [-0.2, -0.15) is 0 Å². The predicted octanol–water partition coefficient (Wildman–Crippen LogP) is 5.16. The second kappa shape index (κ2) is 26.8. The fourth-order valence-electron chi connectivity index (χ4n) is 2.46. The number of anilines is 1. The van der Waals surface area contributed by atoms with E-state index in [1.54, 1.807) is 0 Å². The monoisotopic (exact) mass is 636 g/mol. The van der Waals surface area contributed by atoms with Gasteiger partial charge in [-0.3, -0.25) is 0 Å². The number of hydrogen-bond acceptors (Lipinski definition) is 2. The molecule has 1 saturated carbocycles. The van der Waals surface area contributed by atoms with E-state index >= 15 is 0 Å². The van der Waals surface area contributed by atoms with E-state index in [-0.39, 0.29) is 21.1 Å². The van der Waals surface area contributed by atoms with E-state index in [4.69, 9.17) is 23.3 Å². The summed E-state index contributed by atoms with van der Waals surface area (Å²) in [4.78, 5) is 2.09. The van der Waals surface area contributed by atoms with E-state index in [0.29, 0.717) is 0 Å². The minimum Gasteiger partial charge on any atom is 0 e. The maximum Gasteiger partial charge on any atom is 0 e. The smallest absolute Gasteiger partial charge is 0 e. The molecule has 0 aromatic heterocycles. The van der Waals surface area contributed by atoms with Crippen LogP contribution in [0.15, 0.2) is 29.0 Å². The van der Waals surface area contributed by atoms with E-state index < -0.39 is 0 Å². The third-order valence-electron chi connectivity index (χ3n) is 4.65. The molecule has 0 amide bonds. The Balaban J connectivity index is -0.000000113. The van der Waals surface area contributed by atoms with Crippen LogP contribution in [0.25, 0.3) is 0 Å². The van der Waals surface area contributed by atoms with Crippen LogP contribution in [0, 0.1) is 62.8 Å². The van der Waals surface area contributed by atoms with Crippen LogP contribution in [-0.4, -0.2) is 19.5 Å². The van der Waals surface area contributed by atoms with E-state index in [0.717, 1.165) is 8.73 Å².